The Balaban J connectivity index is 1.39. The van der Waals surface area contributed by atoms with E-state index in [1.54, 1.807) is 0 Å². The molecule has 0 atom stereocenters. The maximum Gasteiger partial charge on any atom is 0.0793 e. The molecule has 2 saturated heterocycles. The van der Waals surface area contributed by atoms with E-state index in [2.05, 4.69) is 65.5 Å². The predicted molar refractivity (Wildman–Crippen MR) is 147 cm³/mol. The Labute approximate surface area is 221 Å². The summed E-state index contributed by atoms with van der Waals surface area (Å²) in [6.45, 7) is 18.6. The summed E-state index contributed by atoms with van der Waals surface area (Å²) in [5.74, 6) is 0. The first-order valence-electron chi connectivity index (χ1n) is 15.1. The monoisotopic (exact) mass is 504 g/mol. The van der Waals surface area contributed by atoms with Crippen LogP contribution in [0.1, 0.15) is 145 Å². The third-order valence-electron chi connectivity index (χ3n) is 9.15. The Morgan fingerprint density at radius 1 is 0.472 bits per heavy atom. The van der Waals surface area contributed by atoms with E-state index in [1.165, 1.54) is 64.2 Å². The molecule has 36 heavy (non-hydrogen) atoms. The Hall–Kier alpha value is -0.560. The lowest BCUT2D eigenvalue weighted by Crippen LogP contribution is -2.62. The number of hydroxylamine groups is 4. The number of rotatable bonds is 6. The number of nitrogens with zero attached hydrogens (tertiary/aromatic N) is 4. The zero-order valence-corrected chi connectivity index (χ0v) is 24.8. The fraction of sp³-hybridized carbons (Fsp3) is 1.00. The summed E-state index contributed by atoms with van der Waals surface area (Å²) in [4.78, 5) is 13.4. The molecular weight excluding hydrogens is 448 g/mol. The van der Waals surface area contributed by atoms with Gasteiger partial charge in [-0.05, 0) is 107 Å². The Bertz CT molecular complexity index is 652. The molecule has 0 unspecified atom stereocenters. The highest BCUT2D eigenvalue weighted by atomic mass is 16.7. The quantitative estimate of drug-likeness (QED) is 0.344. The molecule has 0 radical (unpaired) electrons. The van der Waals surface area contributed by atoms with Crippen molar-refractivity contribution in [2.24, 2.45) is 10.2 Å². The topological polar surface area (TPSA) is 49.7 Å². The summed E-state index contributed by atoms with van der Waals surface area (Å²) < 4.78 is 0. The highest BCUT2D eigenvalue weighted by Gasteiger charge is 2.49. The van der Waals surface area contributed by atoms with Gasteiger partial charge in [0.05, 0.1) is 24.3 Å². The fourth-order valence-corrected chi connectivity index (χ4v) is 7.98. The summed E-state index contributed by atoms with van der Waals surface area (Å²) in [6.07, 6.45) is 17.4. The molecule has 0 aromatic heterocycles. The molecule has 6 heteroatoms. The lowest BCUT2D eigenvalue weighted by Gasteiger charge is -2.54. The van der Waals surface area contributed by atoms with E-state index < -0.39 is 0 Å². The van der Waals surface area contributed by atoms with Crippen LogP contribution in [0, 0.1) is 0 Å². The van der Waals surface area contributed by atoms with Crippen molar-refractivity contribution in [1.29, 1.82) is 0 Å². The molecule has 0 N–H and O–H groups in total. The Morgan fingerprint density at radius 2 is 0.750 bits per heavy atom. The third kappa shape index (κ3) is 6.71. The van der Waals surface area contributed by atoms with Crippen molar-refractivity contribution in [3.8, 4) is 0 Å². The largest absolute Gasteiger partial charge is 0.295 e. The van der Waals surface area contributed by atoms with Crippen molar-refractivity contribution in [1.82, 2.24) is 10.1 Å². The first-order valence-corrected chi connectivity index (χ1v) is 15.1. The highest BCUT2D eigenvalue weighted by molar-refractivity contribution is 5.01. The molecule has 2 saturated carbocycles. The van der Waals surface area contributed by atoms with Crippen LogP contribution in [0.3, 0.4) is 0 Å². The van der Waals surface area contributed by atoms with Gasteiger partial charge in [-0.15, -0.1) is 0 Å². The van der Waals surface area contributed by atoms with Crippen LogP contribution in [0.25, 0.3) is 0 Å². The van der Waals surface area contributed by atoms with Crippen LogP contribution in [-0.2, 0) is 9.68 Å². The minimum atomic E-state index is -0.0569. The van der Waals surface area contributed by atoms with Crippen LogP contribution in [0.4, 0.5) is 0 Å². The normalized spacial score (nSPS) is 31.2. The van der Waals surface area contributed by atoms with Crippen LogP contribution in [0.2, 0.25) is 0 Å². The Kier molecular flexibility index (Phi) is 8.61. The van der Waals surface area contributed by atoms with E-state index in [0.717, 1.165) is 25.7 Å². The van der Waals surface area contributed by atoms with Gasteiger partial charge in [0.1, 0.15) is 0 Å². The van der Waals surface area contributed by atoms with Crippen molar-refractivity contribution in [3.05, 3.63) is 0 Å². The minimum Gasteiger partial charge on any atom is -0.295 e. The Morgan fingerprint density at radius 3 is 1.03 bits per heavy atom. The van der Waals surface area contributed by atoms with Crippen LogP contribution in [-0.4, -0.2) is 56.6 Å². The van der Waals surface area contributed by atoms with Gasteiger partial charge in [0.15, 0.2) is 0 Å². The van der Waals surface area contributed by atoms with Gasteiger partial charge < -0.3 is 0 Å². The van der Waals surface area contributed by atoms with Crippen molar-refractivity contribution in [3.63, 3.8) is 0 Å². The van der Waals surface area contributed by atoms with Gasteiger partial charge in [-0.1, -0.05) is 38.5 Å². The molecule has 2 heterocycles. The van der Waals surface area contributed by atoms with Gasteiger partial charge in [0.25, 0.3) is 0 Å². The van der Waals surface area contributed by atoms with Gasteiger partial charge >= 0.3 is 0 Å². The molecule has 4 fully saturated rings. The second-order valence-corrected chi connectivity index (χ2v) is 14.9. The van der Waals surface area contributed by atoms with E-state index in [1.807, 2.05) is 0 Å². The molecule has 0 amide bonds. The fourth-order valence-electron chi connectivity index (χ4n) is 7.98. The van der Waals surface area contributed by atoms with Gasteiger partial charge in [-0.25, -0.2) is 0 Å². The van der Waals surface area contributed by atoms with Crippen LogP contribution in [0.5, 0.6) is 0 Å². The predicted octanol–water partition coefficient (Wildman–Crippen LogP) is 8.01. The van der Waals surface area contributed by atoms with Gasteiger partial charge in [0.2, 0.25) is 0 Å². The van der Waals surface area contributed by atoms with Crippen molar-refractivity contribution in [2.75, 3.05) is 0 Å². The van der Waals surface area contributed by atoms with E-state index in [4.69, 9.17) is 19.9 Å². The number of piperidine rings is 2. The maximum atomic E-state index is 6.68. The van der Waals surface area contributed by atoms with Gasteiger partial charge in [-0.3, -0.25) is 9.68 Å². The van der Waals surface area contributed by atoms with Gasteiger partial charge in [0, 0.05) is 22.2 Å². The summed E-state index contributed by atoms with van der Waals surface area (Å²) >= 11 is 0. The maximum absolute atomic E-state index is 6.68. The molecule has 0 bridgehead atoms. The summed E-state index contributed by atoms with van der Waals surface area (Å²) in [5.41, 5.74) is -0.228. The molecule has 0 spiro atoms. The zero-order valence-electron chi connectivity index (χ0n) is 24.8. The number of azo groups is 1. The van der Waals surface area contributed by atoms with Crippen LogP contribution >= 0.6 is 0 Å². The zero-order chi connectivity index (χ0) is 26.2. The smallest absolute Gasteiger partial charge is 0.0793 e. The molecule has 2 aliphatic carbocycles. The molecule has 2 aliphatic heterocycles. The van der Waals surface area contributed by atoms with E-state index in [9.17, 15) is 0 Å². The lowest BCUT2D eigenvalue weighted by atomic mass is 9.78. The molecule has 0 aromatic rings. The van der Waals surface area contributed by atoms with E-state index in [0.29, 0.717) is 12.2 Å². The molecule has 208 valence electrons. The number of hydrogen-bond donors (Lipinski definition) is 0. The summed E-state index contributed by atoms with van der Waals surface area (Å²) in [5, 5.41) is 14.7. The molecule has 0 aromatic carbocycles. The standard InChI is InChI=1S/C30H56N4O2/c1-27(2)19-23(20-28(3,4)33(27)35-25-15-11-9-12-16-25)31-32-24-21-29(5,6)34(30(7,8)22-24)36-26-17-13-10-14-18-26/h23-26H,9-22H2,1-8H3. The number of hydrogen-bond acceptors (Lipinski definition) is 6. The SMILES string of the molecule is CC1(C)CC(N=NC2CC(C)(C)N(OC3CCCCC3)C(C)(C)C2)CC(C)(C)N1OC1CCCCC1. The first kappa shape index (κ1) is 28.4. The summed E-state index contributed by atoms with van der Waals surface area (Å²) in [7, 11) is 0. The average Bonchev–Trinajstić information content (AvgIpc) is 2.78. The second kappa shape index (κ2) is 10.9. The summed E-state index contributed by atoms with van der Waals surface area (Å²) in [6, 6.07) is 0.480. The molecule has 6 nitrogen and oxygen atoms in total. The third-order valence-corrected chi connectivity index (χ3v) is 9.15. The second-order valence-electron chi connectivity index (χ2n) is 14.9. The minimum absolute atomic E-state index is 0.0569. The van der Waals surface area contributed by atoms with Crippen molar-refractivity contribution >= 4 is 0 Å². The molecular formula is C30H56N4O2. The van der Waals surface area contributed by atoms with E-state index in [-0.39, 0.29) is 34.2 Å². The highest BCUT2D eigenvalue weighted by Crippen LogP contribution is 2.44. The van der Waals surface area contributed by atoms with Crippen molar-refractivity contribution in [2.45, 2.75) is 192 Å². The van der Waals surface area contributed by atoms with Crippen LogP contribution < -0.4 is 0 Å². The molecule has 4 aliphatic rings. The average molecular weight is 505 g/mol. The van der Waals surface area contributed by atoms with Crippen molar-refractivity contribution < 1.29 is 9.68 Å². The molecule has 4 rings (SSSR count). The first-order chi connectivity index (χ1) is 16.8. The van der Waals surface area contributed by atoms with E-state index >= 15 is 0 Å². The van der Waals surface area contributed by atoms with Crippen LogP contribution in [0.15, 0.2) is 10.2 Å². The van der Waals surface area contributed by atoms with Gasteiger partial charge in [-0.2, -0.15) is 20.4 Å². The lowest BCUT2D eigenvalue weighted by molar-refractivity contribution is -0.311.